The van der Waals surface area contributed by atoms with E-state index in [1.807, 2.05) is 24.4 Å². The van der Waals surface area contributed by atoms with E-state index in [4.69, 9.17) is 11.6 Å². The summed E-state index contributed by atoms with van der Waals surface area (Å²) in [4.78, 5) is 13.3. The first kappa shape index (κ1) is 13.1. The van der Waals surface area contributed by atoms with E-state index in [0.717, 1.165) is 4.88 Å². The molecule has 1 amide bonds. The standard InChI is InChI=1S/C12H14ClN3OS/c1-7(9-5-4-6-18-9)14-12(17)10-8(2)15-16(3)11(10)13/h4-7H,1-3H3,(H,14,17)/t7-/m1/s1. The number of hydrogen-bond acceptors (Lipinski definition) is 3. The first-order valence-corrected chi connectivity index (χ1v) is 6.80. The van der Waals surface area contributed by atoms with E-state index >= 15 is 0 Å². The summed E-state index contributed by atoms with van der Waals surface area (Å²) < 4.78 is 1.50. The van der Waals surface area contributed by atoms with Gasteiger partial charge in [-0.1, -0.05) is 17.7 Å². The van der Waals surface area contributed by atoms with E-state index in [2.05, 4.69) is 10.4 Å². The van der Waals surface area contributed by atoms with Crippen molar-refractivity contribution in [2.24, 2.45) is 7.05 Å². The molecule has 0 fully saturated rings. The number of amides is 1. The molecule has 0 unspecified atom stereocenters. The van der Waals surface area contributed by atoms with Gasteiger partial charge in [0.05, 0.1) is 17.3 Å². The summed E-state index contributed by atoms with van der Waals surface area (Å²) in [6.07, 6.45) is 0. The Labute approximate surface area is 115 Å². The molecule has 0 aliphatic rings. The number of hydrogen-bond donors (Lipinski definition) is 1. The zero-order valence-corrected chi connectivity index (χ0v) is 12.0. The van der Waals surface area contributed by atoms with E-state index in [-0.39, 0.29) is 11.9 Å². The minimum atomic E-state index is -0.188. The summed E-state index contributed by atoms with van der Waals surface area (Å²) in [5, 5.41) is 9.41. The van der Waals surface area contributed by atoms with E-state index in [0.29, 0.717) is 16.4 Å². The van der Waals surface area contributed by atoms with Gasteiger partial charge in [0, 0.05) is 11.9 Å². The highest BCUT2D eigenvalue weighted by Crippen LogP contribution is 2.22. The average molecular weight is 284 g/mol. The van der Waals surface area contributed by atoms with Crippen molar-refractivity contribution in [2.75, 3.05) is 0 Å². The molecular weight excluding hydrogens is 270 g/mol. The van der Waals surface area contributed by atoms with Gasteiger partial charge in [0.25, 0.3) is 5.91 Å². The monoisotopic (exact) mass is 283 g/mol. The fraction of sp³-hybridized carbons (Fsp3) is 0.333. The number of thiophene rings is 1. The molecule has 6 heteroatoms. The second kappa shape index (κ2) is 5.12. The van der Waals surface area contributed by atoms with Gasteiger partial charge in [-0.05, 0) is 25.3 Å². The molecule has 0 saturated carbocycles. The molecule has 18 heavy (non-hydrogen) atoms. The lowest BCUT2D eigenvalue weighted by Gasteiger charge is -2.11. The molecule has 0 spiro atoms. The van der Waals surface area contributed by atoms with E-state index in [9.17, 15) is 4.79 Å². The van der Waals surface area contributed by atoms with Gasteiger partial charge in [-0.25, -0.2) is 0 Å². The minimum Gasteiger partial charge on any atom is -0.345 e. The number of carbonyl (C=O) groups is 1. The lowest BCUT2D eigenvalue weighted by Crippen LogP contribution is -2.26. The predicted molar refractivity (Wildman–Crippen MR) is 73.2 cm³/mol. The average Bonchev–Trinajstić information content (AvgIpc) is 2.88. The molecule has 0 saturated heterocycles. The Hall–Kier alpha value is -1.33. The van der Waals surface area contributed by atoms with Gasteiger partial charge in [0.1, 0.15) is 5.15 Å². The molecule has 2 rings (SSSR count). The van der Waals surface area contributed by atoms with Crippen LogP contribution < -0.4 is 5.32 Å². The molecule has 0 aliphatic heterocycles. The molecule has 2 aromatic heterocycles. The van der Waals surface area contributed by atoms with Crippen LogP contribution in [0.4, 0.5) is 0 Å². The number of aryl methyl sites for hydroxylation is 2. The van der Waals surface area contributed by atoms with Crippen LogP contribution in [0.1, 0.15) is 33.9 Å². The number of carbonyl (C=O) groups excluding carboxylic acids is 1. The van der Waals surface area contributed by atoms with Crippen LogP contribution in [0.2, 0.25) is 5.15 Å². The summed E-state index contributed by atoms with van der Waals surface area (Å²) in [6, 6.07) is 3.92. The molecule has 0 aliphatic carbocycles. The number of rotatable bonds is 3. The second-order valence-corrected chi connectivity index (χ2v) is 5.42. The third-order valence-electron chi connectivity index (χ3n) is 2.70. The van der Waals surface area contributed by atoms with Gasteiger partial charge in [-0.15, -0.1) is 11.3 Å². The number of halogens is 1. The van der Waals surface area contributed by atoms with Gasteiger partial charge >= 0.3 is 0 Å². The zero-order chi connectivity index (χ0) is 13.3. The number of nitrogens with zero attached hydrogens (tertiary/aromatic N) is 2. The van der Waals surface area contributed by atoms with Crippen LogP contribution in [0.3, 0.4) is 0 Å². The van der Waals surface area contributed by atoms with Crippen LogP contribution in [0.5, 0.6) is 0 Å². The minimum absolute atomic E-state index is 0.0341. The third-order valence-corrected chi connectivity index (χ3v) is 4.19. The van der Waals surface area contributed by atoms with Crippen LogP contribution in [-0.2, 0) is 7.05 Å². The van der Waals surface area contributed by atoms with E-state index in [1.54, 1.807) is 25.3 Å². The molecule has 2 heterocycles. The van der Waals surface area contributed by atoms with Gasteiger partial charge in [0.15, 0.2) is 0 Å². The van der Waals surface area contributed by atoms with Gasteiger partial charge in [-0.3, -0.25) is 9.48 Å². The maximum Gasteiger partial charge on any atom is 0.256 e. The Bertz CT molecular complexity index is 562. The fourth-order valence-corrected chi connectivity index (χ4v) is 2.76. The lowest BCUT2D eigenvalue weighted by molar-refractivity contribution is 0.0940. The molecule has 2 aromatic rings. The van der Waals surface area contributed by atoms with E-state index < -0.39 is 0 Å². The highest BCUT2D eigenvalue weighted by atomic mass is 35.5. The van der Waals surface area contributed by atoms with E-state index in [1.165, 1.54) is 4.68 Å². The van der Waals surface area contributed by atoms with Crippen LogP contribution in [-0.4, -0.2) is 15.7 Å². The first-order chi connectivity index (χ1) is 8.50. The largest absolute Gasteiger partial charge is 0.345 e. The van der Waals surface area contributed by atoms with Crippen molar-refractivity contribution in [3.63, 3.8) is 0 Å². The van der Waals surface area contributed by atoms with Crippen LogP contribution in [0.25, 0.3) is 0 Å². The van der Waals surface area contributed by atoms with Crippen molar-refractivity contribution in [3.05, 3.63) is 38.8 Å². The van der Waals surface area contributed by atoms with Crippen molar-refractivity contribution < 1.29 is 4.79 Å². The summed E-state index contributed by atoms with van der Waals surface area (Å²) in [5.74, 6) is -0.188. The molecule has 1 atom stereocenters. The summed E-state index contributed by atoms with van der Waals surface area (Å²) in [7, 11) is 1.72. The van der Waals surface area contributed by atoms with Crippen molar-refractivity contribution in [3.8, 4) is 0 Å². The Morgan fingerprint density at radius 3 is 2.83 bits per heavy atom. The molecule has 0 aromatic carbocycles. The summed E-state index contributed by atoms with van der Waals surface area (Å²) in [5.41, 5.74) is 1.08. The topological polar surface area (TPSA) is 46.9 Å². The molecule has 0 bridgehead atoms. The number of aromatic nitrogens is 2. The van der Waals surface area contributed by atoms with Gasteiger partial charge in [0.2, 0.25) is 0 Å². The quantitative estimate of drug-likeness (QED) is 0.941. The normalized spacial score (nSPS) is 12.4. The zero-order valence-electron chi connectivity index (χ0n) is 10.4. The van der Waals surface area contributed by atoms with Crippen molar-refractivity contribution >= 4 is 28.8 Å². The van der Waals surface area contributed by atoms with Crippen LogP contribution >= 0.6 is 22.9 Å². The van der Waals surface area contributed by atoms with Crippen LogP contribution in [0.15, 0.2) is 17.5 Å². The number of nitrogens with one attached hydrogen (secondary N) is 1. The molecule has 4 nitrogen and oxygen atoms in total. The molecule has 0 radical (unpaired) electrons. The molecule has 96 valence electrons. The smallest absolute Gasteiger partial charge is 0.256 e. The first-order valence-electron chi connectivity index (χ1n) is 5.54. The van der Waals surface area contributed by atoms with Gasteiger partial charge < -0.3 is 5.32 Å². The highest BCUT2D eigenvalue weighted by Gasteiger charge is 2.20. The molecular formula is C12H14ClN3OS. The third kappa shape index (κ3) is 2.42. The Kier molecular flexibility index (Phi) is 3.73. The summed E-state index contributed by atoms with van der Waals surface area (Å²) >= 11 is 7.67. The van der Waals surface area contributed by atoms with Crippen molar-refractivity contribution in [1.82, 2.24) is 15.1 Å². The summed E-state index contributed by atoms with van der Waals surface area (Å²) in [6.45, 7) is 3.72. The Balaban J connectivity index is 2.17. The van der Waals surface area contributed by atoms with Crippen molar-refractivity contribution in [1.29, 1.82) is 0 Å². The maximum atomic E-state index is 12.2. The van der Waals surface area contributed by atoms with Crippen molar-refractivity contribution in [2.45, 2.75) is 19.9 Å². The Morgan fingerprint density at radius 1 is 1.61 bits per heavy atom. The predicted octanol–water partition coefficient (Wildman–Crippen LogP) is 2.93. The Morgan fingerprint density at radius 2 is 2.33 bits per heavy atom. The van der Waals surface area contributed by atoms with Gasteiger partial charge in [-0.2, -0.15) is 5.10 Å². The lowest BCUT2D eigenvalue weighted by atomic mass is 10.2. The maximum absolute atomic E-state index is 12.2. The van der Waals surface area contributed by atoms with Crippen LogP contribution in [0, 0.1) is 6.92 Å². The second-order valence-electron chi connectivity index (χ2n) is 4.09. The highest BCUT2D eigenvalue weighted by molar-refractivity contribution is 7.10. The molecule has 1 N–H and O–H groups in total. The SMILES string of the molecule is Cc1nn(C)c(Cl)c1C(=O)N[C@H](C)c1cccs1. The fourth-order valence-electron chi connectivity index (χ4n) is 1.77.